The van der Waals surface area contributed by atoms with Gasteiger partial charge in [0.2, 0.25) is 0 Å². The van der Waals surface area contributed by atoms with Crippen molar-refractivity contribution in [3.8, 4) is 0 Å². The third kappa shape index (κ3) is 7.62. The molecule has 1 aromatic heterocycles. The highest BCUT2D eigenvalue weighted by molar-refractivity contribution is 14.0. The molecule has 2 aromatic rings. The van der Waals surface area contributed by atoms with E-state index >= 15 is 0 Å². The highest BCUT2D eigenvalue weighted by atomic mass is 127. The van der Waals surface area contributed by atoms with Crippen LogP contribution in [0.4, 0.5) is 0 Å². The lowest BCUT2D eigenvalue weighted by Gasteiger charge is -2.32. The summed E-state index contributed by atoms with van der Waals surface area (Å²) in [7, 11) is 1.85. The Hall–Kier alpha value is -1.61. The van der Waals surface area contributed by atoms with Gasteiger partial charge in [-0.1, -0.05) is 37.3 Å². The van der Waals surface area contributed by atoms with Crippen LogP contribution in [0.2, 0.25) is 0 Å². The lowest BCUT2D eigenvalue weighted by atomic mass is 10.1. The third-order valence-corrected chi connectivity index (χ3v) is 5.33. The molecule has 0 aliphatic carbocycles. The molecule has 2 heterocycles. The molecule has 6 nitrogen and oxygen atoms in total. The van der Waals surface area contributed by atoms with E-state index in [9.17, 15) is 0 Å². The molecule has 7 heteroatoms. The highest BCUT2D eigenvalue weighted by Gasteiger charge is 2.19. The number of halogens is 1. The molecule has 0 amide bonds. The van der Waals surface area contributed by atoms with Gasteiger partial charge in [-0.05, 0) is 31.4 Å². The van der Waals surface area contributed by atoms with E-state index in [0.717, 1.165) is 31.3 Å². The predicted octanol–water partition coefficient (Wildman–Crippen LogP) is 3.13. The van der Waals surface area contributed by atoms with Gasteiger partial charge in [0.25, 0.3) is 0 Å². The molecule has 1 aromatic carbocycles. The zero-order valence-corrected chi connectivity index (χ0v) is 20.0. The minimum absolute atomic E-state index is 0. The van der Waals surface area contributed by atoms with E-state index in [1.807, 2.05) is 13.2 Å². The fraction of sp³-hybridized carbons (Fsp3) is 0.545. The summed E-state index contributed by atoms with van der Waals surface area (Å²) in [6.45, 7) is 7.51. The molecule has 0 saturated carbocycles. The van der Waals surface area contributed by atoms with E-state index in [-0.39, 0.29) is 24.0 Å². The number of likely N-dealkylation sites (tertiary alicyclic amines) is 1. The lowest BCUT2D eigenvalue weighted by Crippen LogP contribution is -2.49. The van der Waals surface area contributed by atoms with Crippen LogP contribution >= 0.6 is 24.0 Å². The van der Waals surface area contributed by atoms with Crippen LogP contribution in [0.25, 0.3) is 0 Å². The number of nitrogens with one attached hydrogen (secondary N) is 2. The second-order valence-corrected chi connectivity index (χ2v) is 7.47. The first kappa shape index (κ1) is 23.7. The first-order chi connectivity index (χ1) is 13.8. The summed E-state index contributed by atoms with van der Waals surface area (Å²) in [5, 5.41) is 7.04. The standard InChI is InChI=1S/C22H34N6.HI/c1-3-14-27-15-10-20(11-16-27)26-22(23-2)25-12-9-21-24-13-17-28(21)18-19-7-5-4-6-8-19;/h4-8,13,17,20H,3,9-12,14-16,18H2,1-2H3,(H2,23,25,26);1H. The molecule has 29 heavy (non-hydrogen) atoms. The van der Waals surface area contributed by atoms with Gasteiger partial charge in [0.05, 0.1) is 0 Å². The van der Waals surface area contributed by atoms with Crippen molar-refractivity contribution in [1.29, 1.82) is 0 Å². The summed E-state index contributed by atoms with van der Waals surface area (Å²) in [6, 6.07) is 11.0. The van der Waals surface area contributed by atoms with E-state index in [0.29, 0.717) is 6.04 Å². The molecule has 1 saturated heterocycles. The molecular weight excluding hydrogens is 475 g/mol. The topological polar surface area (TPSA) is 57.5 Å². The van der Waals surface area contributed by atoms with E-state index in [1.165, 1.54) is 44.5 Å². The Labute approximate surface area is 192 Å². The van der Waals surface area contributed by atoms with Crippen molar-refractivity contribution >= 4 is 29.9 Å². The number of aliphatic imine (C=N–C) groups is 1. The van der Waals surface area contributed by atoms with Crippen LogP contribution < -0.4 is 10.6 Å². The maximum atomic E-state index is 4.53. The first-order valence-electron chi connectivity index (χ1n) is 10.5. The van der Waals surface area contributed by atoms with Crippen LogP contribution in [-0.4, -0.2) is 59.7 Å². The minimum atomic E-state index is 0. The summed E-state index contributed by atoms with van der Waals surface area (Å²) in [5.74, 6) is 2.00. The van der Waals surface area contributed by atoms with E-state index in [1.54, 1.807) is 0 Å². The molecule has 0 bridgehead atoms. The summed E-state index contributed by atoms with van der Waals surface area (Å²) in [4.78, 5) is 11.5. The fourth-order valence-corrected chi connectivity index (χ4v) is 3.79. The van der Waals surface area contributed by atoms with Gasteiger partial charge in [-0.25, -0.2) is 4.98 Å². The van der Waals surface area contributed by atoms with Crippen LogP contribution in [0, 0.1) is 0 Å². The Morgan fingerprint density at radius 1 is 1.21 bits per heavy atom. The number of rotatable bonds is 8. The van der Waals surface area contributed by atoms with Gasteiger partial charge in [0, 0.05) is 58.1 Å². The van der Waals surface area contributed by atoms with Gasteiger partial charge in [-0.15, -0.1) is 24.0 Å². The Kier molecular flexibility index (Phi) is 10.5. The van der Waals surface area contributed by atoms with Crippen molar-refractivity contribution in [3.63, 3.8) is 0 Å². The van der Waals surface area contributed by atoms with Crippen LogP contribution in [0.1, 0.15) is 37.6 Å². The second kappa shape index (κ2) is 12.8. The van der Waals surface area contributed by atoms with Crippen molar-refractivity contribution < 1.29 is 0 Å². The largest absolute Gasteiger partial charge is 0.356 e. The average Bonchev–Trinajstić information content (AvgIpc) is 3.16. The van der Waals surface area contributed by atoms with Crippen LogP contribution in [0.3, 0.4) is 0 Å². The van der Waals surface area contributed by atoms with Crippen molar-refractivity contribution in [2.75, 3.05) is 33.2 Å². The summed E-state index contributed by atoms with van der Waals surface area (Å²) >= 11 is 0. The van der Waals surface area contributed by atoms with Gasteiger partial charge in [-0.2, -0.15) is 0 Å². The number of guanidine groups is 1. The number of benzene rings is 1. The Morgan fingerprint density at radius 2 is 1.97 bits per heavy atom. The van der Waals surface area contributed by atoms with Crippen LogP contribution in [0.15, 0.2) is 47.7 Å². The molecule has 0 atom stereocenters. The average molecular weight is 510 g/mol. The maximum Gasteiger partial charge on any atom is 0.191 e. The molecule has 1 aliphatic rings. The van der Waals surface area contributed by atoms with Crippen molar-refractivity contribution in [1.82, 2.24) is 25.1 Å². The molecule has 1 fully saturated rings. The molecule has 0 spiro atoms. The highest BCUT2D eigenvalue weighted by Crippen LogP contribution is 2.10. The number of aromatic nitrogens is 2. The minimum Gasteiger partial charge on any atom is -0.356 e. The normalized spacial score (nSPS) is 15.7. The predicted molar refractivity (Wildman–Crippen MR) is 131 cm³/mol. The number of piperidine rings is 1. The SMILES string of the molecule is CCCN1CCC(NC(=NC)NCCc2nccn2Cc2ccccc2)CC1.I. The molecule has 2 N–H and O–H groups in total. The molecular formula is C22H35IN6. The van der Waals surface area contributed by atoms with E-state index in [2.05, 4.69) is 73.5 Å². The van der Waals surface area contributed by atoms with Gasteiger partial charge < -0.3 is 20.1 Å². The maximum absolute atomic E-state index is 4.53. The van der Waals surface area contributed by atoms with Crippen molar-refractivity contribution in [3.05, 3.63) is 54.1 Å². The lowest BCUT2D eigenvalue weighted by molar-refractivity contribution is 0.206. The Balaban J connectivity index is 0.00000300. The molecule has 0 unspecified atom stereocenters. The van der Waals surface area contributed by atoms with Gasteiger partial charge >= 0.3 is 0 Å². The third-order valence-electron chi connectivity index (χ3n) is 5.33. The molecule has 3 rings (SSSR count). The summed E-state index contributed by atoms with van der Waals surface area (Å²) in [5.41, 5.74) is 1.29. The van der Waals surface area contributed by atoms with Gasteiger partial charge in [0.15, 0.2) is 5.96 Å². The van der Waals surface area contributed by atoms with Crippen molar-refractivity contribution in [2.24, 2.45) is 4.99 Å². The smallest absolute Gasteiger partial charge is 0.191 e. The monoisotopic (exact) mass is 510 g/mol. The summed E-state index contributed by atoms with van der Waals surface area (Å²) < 4.78 is 2.22. The first-order valence-corrected chi connectivity index (χ1v) is 10.5. The van der Waals surface area contributed by atoms with Crippen molar-refractivity contribution in [2.45, 2.75) is 45.2 Å². The quantitative estimate of drug-likeness (QED) is 0.326. The molecule has 1 aliphatic heterocycles. The van der Waals surface area contributed by atoms with Crippen LogP contribution in [0.5, 0.6) is 0 Å². The molecule has 160 valence electrons. The number of imidazole rings is 1. The van der Waals surface area contributed by atoms with Gasteiger partial charge in [-0.3, -0.25) is 4.99 Å². The molecule has 0 radical (unpaired) electrons. The van der Waals surface area contributed by atoms with Crippen LogP contribution in [-0.2, 0) is 13.0 Å². The Bertz CT molecular complexity index is 722. The number of nitrogens with zero attached hydrogens (tertiary/aromatic N) is 4. The fourth-order valence-electron chi connectivity index (χ4n) is 3.79. The summed E-state index contributed by atoms with van der Waals surface area (Å²) in [6.07, 6.45) is 8.41. The Morgan fingerprint density at radius 3 is 2.66 bits per heavy atom. The second-order valence-electron chi connectivity index (χ2n) is 7.47. The zero-order chi connectivity index (χ0) is 19.6. The number of hydrogen-bond donors (Lipinski definition) is 2. The van der Waals surface area contributed by atoms with Gasteiger partial charge in [0.1, 0.15) is 5.82 Å². The number of hydrogen-bond acceptors (Lipinski definition) is 3. The zero-order valence-electron chi connectivity index (χ0n) is 17.7. The van der Waals surface area contributed by atoms with E-state index in [4.69, 9.17) is 0 Å². The van der Waals surface area contributed by atoms with E-state index < -0.39 is 0 Å².